The standard InChI is InChI=1S/C12H17ClN2O2S/c1-17-6-5-14-8-12(16)15-9-3-4-11(18-2)10(13)7-9/h3-4,7,14H,5-6,8H2,1-2H3,(H,15,16). The van der Waals surface area contributed by atoms with E-state index in [1.807, 2.05) is 18.4 Å². The summed E-state index contributed by atoms with van der Waals surface area (Å²) < 4.78 is 4.87. The average Bonchev–Trinajstić information content (AvgIpc) is 2.35. The Bertz CT molecular complexity index is 402. The Morgan fingerprint density at radius 1 is 1.50 bits per heavy atom. The van der Waals surface area contributed by atoms with Crippen LogP contribution in [0.1, 0.15) is 0 Å². The number of benzene rings is 1. The number of hydrogen-bond acceptors (Lipinski definition) is 4. The van der Waals surface area contributed by atoms with E-state index in [2.05, 4.69) is 10.6 Å². The summed E-state index contributed by atoms with van der Waals surface area (Å²) in [5.41, 5.74) is 0.705. The van der Waals surface area contributed by atoms with Crippen LogP contribution in [0.4, 0.5) is 5.69 Å². The fourth-order valence-corrected chi connectivity index (χ4v) is 2.20. The van der Waals surface area contributed by atoms with Gasteiger partial charge in [0.05, 0.1) is 18.2 Å². The molecule has 0 aliphatic carbocycles. The highest BCUT2D eigenvalue weighted by atomic mass is 35.5. The summed E-state index contributed by atoms with van der Waals surface area (Å²) in [6.45, 7) is 1.49. The molecule has 0 spiro atoms. The summed E-state index contributed by atoms with van der Waals surface area (Å²) in [7, 11) is 1.62. The second-order valence-corrected chi connectivity index (χ2v) is 4.82. The third-order valence-electron chi connectivity index (χ3n) is 2.20. The minimum atomic E-state index is -0.0981. The van der Waals surface area contributed by atoms with Crippen LogP contribution in [0.15, 0.2) is 23.1 Å². The Morgan fingerprint density at radius 2 is 2.28 bits per heavy atom. The van der Waals surface area contributed by atoms with E-state index < -0.39 is 0 Å². The summed E-state index contributed by atoms with van der Waals surface area (Å²) >= 11 is 7.63. The van der Waals surface area contributed by atoms with Crippen molar-refractivity contribution in [2.75, 3.05) is 38.4 Å². The van der Waals surface area contributed by atoms with Crippen LogP contribution in [0.25, 0.3) is 0 Å². The molecule has 1 amide bonds. The first kappa shape index (κ1) is 15.3. The van der Waals surface area contributed by atoms with E-state index in [1.165, 1.54) is 0 Å². The molecule has 0 atom stereocenters. The van der Waals surface area contributed by atoms with E-state index in [1.54, 1.807) is 24.9 Å². The van der Waals surface area contributed by atoms with E-state index in [0.29, 0.717) is 23.9 Å². The predicted octanol–water partition coefficient (Wildman–Crippen LogP) is 2.24. The lowest BCUT2D eigenvalue weighted by Gasteiger charge is -2.08. The second kappa shape index (κ2) is 8.37. The Kier molecular flexibility index (Phi) is 7.12. The highest BCUT2D eigenvalue weighted by Gasteiger charge is 2.04. The van der Waals surface area contributed by atoms with Crippen molar-refractivity contribution in [2.45, 2.75) is 4.90 Å². The molecule has 0 unspecified atom stereocenters. The van der Waals surface area contributed by atoms with Crippen molar-refractivity contribution in [1.82, 2.24) is 5.32 Å². The third kappa shape index (κ3) is 5.27. The molecule has 0 aromatic heterocycles. The highest BCUT2D eigenvalue weighted by molar-refractivity contribution is 7.98. The van der Waals surface area contributed by atoms with Crippen LogP contribution in [0, 0.1) is 0 Å². The van der Waals surface area contributed by atoms with Gasteiger partial charge in [-0.2, -0.15) is 0 Å². The monoisotopic (exact) mass is 288 g/mol. The molecular weight excluding hydrogens is 272 g/mol. The van der Waals surface area contributed by atoms with E-state index in [4.69, 9.17) is 16.3 Å². The average molecular weight is 289 g/mol. The Hall–Kier alpha value is -0.750. The lowest BCUT2D eigenvalue weighted by molar-refractivity contribution is -0.115. The van der Waals surface area contributed by atoms with Crippen LogP contribution in [0.2, 0.25) is 5.02 Å². The van der Waals surface area contributed by atoms with Crippen molar-refractivity contribution in [1.29, 1.82) is 0 Å². The zero-order chi connectivity index (χ0) is 13.4. The molecule has 1 aromatic rings. The number of thioether (sulfide) groups is 1. The molecule has 0 radical (unpaired) electrons. The van der Waals surface area contributed by atoms with E-state index in [9.17, 15) is 4.79 Å². The van der Waals surface area contributed by atoms with Gasteiger partial charge in [0.2, 0.25) is 5.91 Å². The topological polar surface area (TPSA) is 50.4 Å². The molecule has 1 rings (SSSR count). The number of hydrogen-bond donors (Lipinski definition) is 2. The molecule has 0 saturated heterocycles. The zero-order valence-corrected chi connectivity index (χ0v) is 12.0. The Labute approximate surface area is 116 Å². The summed E-state index contributed by atoms with van der Waals surface area (Å²) in [5, 5.41) is 6.39. The van der Waals surface area contributed by atoms with Gasteiger partial charge >= 0.3 is 0 Å². The molecule has 6 heteroatoms. The number of anilines is 1. The molecule has 1 aromatic carbocycles. The van der Waals surface area contributed by atoms with Crippen molar-refractivity contribution < 1.29 is 9.53 Å². The molecule has 2 N–H and O–H groups in total. The lowest BCUT2D eigenvalue weighted by Crippen LogP contribution is -2.30. The number of carbonyl (C=O) groups excluding carboxylic acids is 1. The number of methoxy groups -OCH3 is 1. The molecule has 0 fully saturated rings. The second-order valence-electron chi connectivity index (χ2n) is 3.57. The van der Waals surface area contributed by atoms with Crippen LogP contribution in [0.5, 0.6) is 0 Å². The molecule has 100 valence electrons. The zero-order valence-electron chi connectivity index (χ0n) is 10.5. The largest absolute Gasteiger partial charge is 0.383 e. The van der Waals surface area contributed by atoms with Gasteiger partial charge < -0.3 is 15.4 Å². The number of halogens is 1. The number of ether oxygens (including phenoxy) is 1. The Morgan fingerprint density at radius 3 is 2.89 bits per heavy atom. The van der Waals surface area contributed by atoms with Gasteiger partial charge in [-0.25, -0.2) is 0 Å². The molecule has 0 aliphatic rings. The van der Waals surface area contributed by atoms with Gasteiger partial charge in [0.25, 0.3) is 0 Å². The van der Waals surface area contributed by atoms with Crippen molar-refractivity contribution >= 4 is 35.0 Å². The van der Waals surface area contributed by atoms with Crippen molar-refractivity contribution in [3.8, 4) is 0 Å². The maximum atomic E-state index is 11.6. The molecule has 0 saturated carbocycles. The summed E-state index contributed by atoms with van der Waals surface area (Å²) in [5.74, 6) is -0.0981. The van der Waals surface area contributed by atoms with Gasteiger partial charge in [-0.05, 0) is 24.5 Å². The molecule has 4 nitrogen and oxygen atoms in total. The van der Waals surface area contributed by atoms with Crippen LogP contribution in [0.3, 0.4) is 0 Å². The van der Waals surface area contributed by atoms with Crippen molar-refractivity contribution in [3.63, 3.8) is 0 Å². The number of rotatable bonds is 7. The minimum absolute atomic E-state index is 0.0981. The van der Waals surface area contributed by atoms with Gasteiger partial charge in [0.15, 0.2) is 0 Å². The number of amides is 1. The maximum Gasteiger partial charge on any atom is 0.238 e. The smallest absolute Gasteiger partial charge is 0.238 e. The lowest BCUT2D eigenvalue weighted by atomic mass is 10.3. The van der Waals surface area contributed by atoms with Crippen LogP contribution < -0.4 is 10.6 Å². The summed E-state index contributed by atoms with van der Waals surface area (Å²) in [6.07, 6.45) is 1.96. The van der Waals surface area contributed by atoms with Crippen LogP contribution >= 0.6 is 23.4 Å². The van der Waals surface area contributed by atoms with Crippen LogP contribution in [-0.4, -0.2) is 39.0 Å². The van der Waals surface area contributed by atoms with Crippen molar-refractivity contribution in [3.05, 3.63) is 23.2 Å². The minimum Gasteiger partial charge on any atom is -0.383 e. The van der Waals surface area contributed by atoms with Gasteiger partial charge in [-0.3, -0.25) is 4.79 Å². The summed E-state index contributed by atoms with van der Waals surface area (Å²) in [4.78, 5) is 12.6. The predicted molar refractivity (Wildman–Crippen MR) is 76.6 cm³/mol. The van der Waals surface area contributed by atoms with Crippen molar-refractivity contribution in [2.24, 2.45) is 0 Å². The first-order valence-electron chi connectivity index (χ1n) is 5.50. The first-order chi connectivity index (χ1) is 8.67. The molecular formula is C12H17ClN2O2S. The van der Waals surface area contributed by atoms with Gasteiger partial charge in [-0.15, -0.1) is 11.8 Å². The van der Waals surface area contributed by atoms with Crippen LogP contribution in [-0.2, 0) is 9.53 Å². The Balaban J connectivity index is 2.42. The fraction of sp³-hybridized carbons (Fsp3) is 0.417. The fourth-order valence-electron chi connectivity index (χ4n) is 1.33. The normalized spacial score (nSPS) is 10.4. The molecule has 0 heterocycles. The maximum absolute atomic E-state index is 11.6. The SMILES string of the molecule is COCCNCC(=O)Nc1ccc(SC)c(Cl)c1. The molecule has 18 heavy (non-hydrogen) atoms. The summed E-state index contributed by atoms with van der Waals surface area (Å²) in [6, 6.07) is 5.48. The van der Waals surface area contributed by atoms with Gasteiger partial charge in [-0.1, -0.05) is 11.6 Å². The molecule has 0 bridgehead atoms. The molecule has 0 aliphatic heterocycles. The van der Waals surface area contributed by atoms with Gasteiger partial charge in [0, 0.05) is 24.2 Å². The quantitative estimate of drug-likeness (QED) is 0.597. The third-order valence-corrected chi connectivity index (χ3v) is 3.42. The van der Waals surface area contributed by atoms with E-state index in [0.717, 1.165) is 4.90 Å². The first-order valence-corrected chi connectivity index (χ1v) is 7.10. The van der Waals surface area contributed by atoms with Gasteiger partial charge in [0.1, 0.15) is 0 Å². The van der Waals surface area contributed by atoms with E-state index in [-0.39, 0.29) is 12.5 Å². The number of nitrogens with one attached hydrogen (secondary N) is 2. The van der Waals surface area contributed by atoms with E-state index >= 15 is 0 Å². The highest BCUT2D eigenvalue weighted by Crippen LogP contribution is 2.27. The number of carbonyl (C=O) groups is 1.